The van der Waals surface area contributed by atoms with Crippen LogP contribution >= 0.6 is 0 Å². The Labute approximate surface area is 148 Å². The molecule has 130 valence electrons. The van der Waals surface area contributed by atoms with Crippen LogP contribution in [0.15, 0.2) is 48.8 Å². The van der Waals surface area contributed by atoms with E-state index >= 15 is 0 Å². The van der Waals surface area contributed by atoms with Crippen LogP contribution in [-0.2, 0) is 6.42 Å². The number of fused-ring (bicyclic) bond motifs is 1. The highest BCUT2D eigenvalue weighted by atomic mass is 16.5. The molecular formula is C20H24N4O. The smallest absolute Gasteiger partial charge is 0.171 e. The third kappa shape index (κ3) is 3.33. The predicted octanol–water partition coefficient (Wildman–Crippen LogP) is 2.94. The number of rotatable bonds is 5. The first-order valence-corrected chi connectivity index (χ1v) is 8.86. The van der Waals surface area contributed by atoms with Gasteiger partial charge in [0.05, 0.1) is 7.11 Å². The number of nitrogens with one attached hydrogen (secondary N) is 1. The standard InChI is InChI=1S/C20H24N4O/c1-25-19-7-4-9-21-20(19)24-13-11-23(12-14-24)10-8-16-15-22-18-6-3-2-5-17(16)18/h2-7,9,15,22H,8,10-14H2,1H3. The maximum Gasteiger partial charge on any atom is 0.171 e. The minimum atomic E-state index is 0.856. The predicted molar refractivity (Wildman–Crippen MR) is 101 cm³/mol. The average Bonchev–Trinajstić information content (AvgIpc) is 3.10. The van der Waals surface area contributed by atoms with Crippen LogP contribution in [0, 0.1) is 0 Å². The van der Waals surface area contributed by atoms with Gasteiger partial charge >= 0.3 is 0 Å². The average molecular weight is 336 g/mol. The number of pyridine rings is 1. The van der Waals surface area contributed by atoms with Crippen LogP contribution < -0.4 is 9.64 Å². The van der Waals surface area contributed by atoms with Crippen LogP contribution in [0.25, 0.3) is 10.9 Å². The molecule has 1 saturated heterocycles. The Kier molecular flexibility index (Phi) is 4.57. The number of aromatic nitrogens is 2. The Morgan fingerprint density at radius 3 is 2.76 bits per heavy atom. The van der Waals surface area contributed by atoms with Gasteiger partial charge in [0.15, 0.2) is 11.6 Å². The van der Waals surface area contributed by atoms with Crippen LogP contribution in [-0.4, -0.2) is 54.7 Å². The molecule has 1 fully saturated rings. The van der Waals surface area contributed by atoms with Gasteiger partial charge in [0.1, 0.15) is 0 Å². The zero-order valence-electron chi connectivity index (χ0n) is 14.6. The van der Waals surface area contributed by atoms with Crippen molar-refractivity contribution in [3.8, 4) is 5.75 Å². The fourth-order valence-corrected chi connectivity index (χ4v) is 3.58. The lowest BCUT2D eigenvalue weighted by Gasteiger charge is -2.35. The summed E-state index contributed by atoms with van der Waals surface area (Å²) >= 11 is 0. The lowest BCUT2D eigenvalue weighted by Crippen LogP contribution is -2.47. The summed E-state index contributed by atoms with van der Waals surface area (Å²) in [6, 6.07) is 12.4. The minimum Gasteiger partial charge on any atom is -0.493 e. The van der Waals surface area contributed by atoms with Gasteiger partial charge in [-0.15, -0.1) is 0 Å². The third-order valence-electron chi connectivity index (χ3n) is 5.01. The lowest BCUT2D eigenvalue weighted by atomic mass is 10.1. The molecule has 0 spiro atoms. The van der Waals surface area contributed by atoms with Gasteiger partial charge in [-0.05, 0) is 30.2 Å². The largest absolute Gasteiger partial charge is 0.493 e. The second kappa shape index (κ2) is 7.15. The van der Waals surface area contributed by atoms with Crippen LogP contribution in [0.1, 0.15) is 5.56 Å². The Bertz CT molecular complexity index is 836. The van der Waals surface area contributed by atoms with Gasteiger partial charge in [-0.2, -0.15) is 0 Å². The SMILES string of the molecule is COc1cccnc1N1CCN(CCc2c[nH]c3ccccc23)CC1. The van der Waals surface area contributed by atoms with Crippen molar-refractivity contribution in [3.63, 3.8) is 0 Å². The van der Waals surface area contributed by atoms with Crippen LogP contribution in [0.3, 0.4) is 0 Å². The molecule has 3 heterocycles. The topological polar surface area (TPSA) is 44.4 Å². The number of hydrogen-bond donors (Lipinski definition) is 1. The molecule has 5 heteroatoms. The zero-order chi connectivity index (χ0) is 17.1. The summed E-state index contributed by atoms with van der Waals surface area (Å²) in [5.74, 6) is 1.82. The molecule has 1 aliphatic heterocycles. The number of piperazine rings is 1. The highest BCUT2D eigenvalue weighted by Crippen LogP contribution is 2.25. The van der Waals surface area contributed by atoms with Crippen LogP contribution in [0.5, 0.6) is 5.75 Å². The molecule has 1 aliphatic rings. The van der Waals surface area contributed by atoms with Crippen molar-refractivity contribution in [1.29, 1.82) is 0 Å². The molecule has 0 aliphatic carbocycles. The van der Waals surface area contributed by atoms with Gasteiger partial charge < -0.3 is 14.6 Å². The number of H-pyrrole nitrogens is 1. The Morgan fingerprint density at radius 2 is 1.92 bits per heavy atom. The summed E-state index contributed by atoms with van der Waals surface area (Å²) in [6.45, 7) is 5.18. The quantitative estimate of drug-likeness (QED) is 0.778. The van der Waals surface area contributed by atoms with Crippen LogP contribution in [0.2, 0.25) is 0 Å². The molecule has 0 radical (unpaired) electrons. The molecule has 0 unspecified atom stereocenters. The summed E-state index contributed by atoms with van der Waals surface area (Å²) in [6.07, 6.45) is 5.07. The molecule has 0 saturated carbocycles. The van der Waals surface area contributed by atoms with E-state index < -0.39 is 0 Å². The molecule has 2 aromatic heterocycles. The van der Waals surface area contributed by atoms with E-state index in [1.807, 2.05) is 18.3 Å². The Hall–Kier alpha value is -2.53. The molecule has 4 rings (SSSR count). The number of anilines is 1. The fourth-order valence-electron chi connectivity index (χ4n) is 3.58. The first-order chi connectivity index (χ1) is 12.3. The van der Waals surface area contributed by atoms with Gasteiger partial charge in [-0.1, -0.05) is 18.2 Å². The maximum absolute atomic E-state index is 5.44. The number of methoxy groups -OCH3 is 1. The summed E-state index contributed by atoms with van der Waals surface area (Å²) < 4.78 is 5.44. The zero-order valence-corrected chi connectivity index (χ0v) is 14.6. The van der Waals surface area contributed by atoms with E-state index in [0.29, 0.717) is 0 Å². The highest BCUT2D eigenvalue weighted by Gasteiger charge is 2.20. The molecule has 0 amide bonds. The van der Waals surface area contributed by atoms with Crippen molar-refractivity contribution in [2.45, 2.75) is 6.42 Å². The molecule has 0 atom stereocenters. The van der Waals surface area contributed by atoms with E-state index in [1.54, 1.807) is 7.11 Å². The monoisotopic (exact) mass is 336 g/mol. The second-order valence-electron chi connectivity index (χ2n) is 6.47. The molecule has 5 nitrogen and oxygen atoms in total. The number of para-hydroxylation sites is 1. The van der Waals surface area contributed by atoms with E-state index in [4.69, 9.17) is 4.74 Å². The molecule has 0 bridgehead atoms. The van der Waals surface area contributed by atoms with Gasteiger partial charge in [0.25, 0.3) is 0 Å². The molecule has 1 N–H and O–H groups in total. The molecular weight excluding hydrogens is 312 g/mol. The summed E-state index contributed by atoms with van der Waals surface area (Å²) in [5, 5.41) is 1.35. The number of nitrogens with zero attached hydrogens (tertiary/aromatic N) is 3. The van der Waals surface area contributed by atoms with Crippen LogP contribution in [0.4, 0.5) is 5.82 Å². The maximum atomic E-state index is 5.44. The first kappa shape index (κ1) is 16.0. The van der Waals surface area contributed by atoms with Gasteiger partial charge in [-0.3, -0.25) is 4.90 Å². The third-order valence-corrected chi connectivity index (χ3v) is 5.01. The van der Waals surface area contributed by atoms with E-state index in [-0.39, 0.29) is 0 Å². The minimum absolute atomic E-state index is 0.856. The molecule has 3 aromatic rings. The second-order valence-corrected chi connectivity index (χ2v) is 6.47. The van der Waals surface area contributed by atoms with Crippen molar-refractivity contribution in [2.24, 2.45) is 0 Å². The van der Waals surface area contributed by atoms with E-state index in [2.05, 4.69) is 50.2 Å². The lowest BCUT2D eigenvalue weighted by molar-refractivity contribution is 0.259. The normalized spacial score (nSPS) is 15.6. The van der Waals surface area contributed by atoms with Gasteiger partial charge in [-0.25, -0.2) is 4.98 Å². The number of hydrogen-bond acceptors (Lipinski definition) is 4. The van der Waals surface area contributed by atoms with Gasteiger partial charge in [0, 0.05) is 56.0 Å². The van der Waals surface area contributed by atoms with Crippen molar-refractivity contribution in [2.75, 3.05) is 44.7 Å². The first-order valence-electron chi connectivity index (χ1n) is 8.86. The van der Waals surface area contributed by atoms with Crippen molar-refractivity contribution in [3.05, 3.63) is 54.4 Å². The number of aromatic amines is 1. The van der Waals surface area contributed by atoms with E-state index in [9.17, 15) is 0 Å². The summed E-state index contributed by atoms with van der Waals surface area (Å²) in [5.41, 5.74) is 2.63. The summed E-state index contributed by atoms with van der Waals surface area (Å²) in [7, 11) is 1.71. The van der Waals surface area contributed by atoms with Crippen molar-refractivity contribution >= 4 is 16.7 Å². The molecule has 1 aromatic carbocycles. The fraction of sp³-hybridized carbons (Fsp3) is 0.350. The number of benzene rings is 1. The van der Waals surface area contributed by atoms with E-state index in [0.717, 1.165) is 50.7 Å². The van der Waals surface area contributed by atoms with Gasteiger partial charge in [0.2, 0.25) is 0 Å². The van der Waals surface area contributed by atoms with Crippen molar-refractivity contribution in [1.82, 2.24) is 14.9 Å². The Morgan fingerprint density at radius 1 is 1.08 bits per heavy atom. The summed E-state index contributed by atoms with van der Waals surface area (Å²) in [4.78, 5) is 12.7. The molecule has 25 heavy (non-hydrogen) atoms. The Balaban J connectivity index is 1.35. The number of ether oxygens (including phenoxy) is 1. The van der Waals surface area contributed by atoms with E-state index in [1.165, 1.54) is 16.5 Å². The van der Waals surface area contributed by atoms with Crippen molar-refractivity contribution < 1.29 is 4.74 Å². The highest BCUT2D eigenvalue weighted by molar-refractivity contribution is 5.83.